The van der Waals surface area contributed by atoms with E-state index >= 15 is 0 Å². The summed E-state index contributed by atoms with van der Waals surface area (Å²) in [5.41, 5.74) is -1.10. The molecule has 28 nitrogen and oxygen atoms in total. The van der Waals surface area contributed by atoms with Crippen LogP contribution in [0.2, 0.25) is 0 Å². The van der Waals surface area contributed by atoms with E-state index in [2.05, 4.69) is 10.2 Å². The van der Waals surface area contributed by atoms with Gasteiger partial charge in [-0.1, -0.05) is 0 Å². The number of esters is 12. The Morgan fingerprint density at radius 3 is 0.753 bits per heavy atom. The van der Waals surface area contributed by atoms with Crippen LogP contribution < -0.4 is 0 Å². The minimum absolute atomic E-state index is 0.0399. The standard InChI is InChI=1S/C57H83NO27S4/c1-30(59)74-22-45-51(80-36(7)65)54(83-39(10)68)48(77-33(4)62)42(87-45)16-13-19-71-26-57(25-58-29-86,27-72-20-14-17-43-49(78-34(5)63)55(84-40(11)69)52(81-37(8)66)46(88-43)23-75-31(2)60)28-73-21-15-18-44-50(79-35(6)64)56(85-41(12)70)53(82-38(9)67)47(89-44)24-76-32(3)61/h42-56H,13-28H2,1-12H3/t42-,43-,44-,45+,46+,47+,48-,49+,50+,51-,52-,53-,54-,55-,56-/m1/s1. The zero-order chi connectivity index (χ0) is 66.5. The average Bonchev–Trinajstić information content (AvgIpc) is 1.95. The normalized spacial score (nSPS) is 27.0. The van der Waals surface area contributed by atoms with Gasteiger partial charge in [-0.05, 0) is 50.7 Å². The number of aliphatic imine (C=N–C) groups is 1. The van der Waals surface area contributed by atoms with Crippen molar-refractivity contribution in [1.29, 1.82) is 0 Å². The Bertz CT molecular complexity index is 2230. The van der Waals surface area contributed by atoms with Gasteiger partial charge in [-0.15, -0.1) is 35.3 Å². The van der Waals surface area contributed by atoms with Crippen molar-refractivity contribution in [2.75, 3.05) is 66.0 Å². The number of carbonyl (C=O) groups is 12. The van der Waals surface area contributed by atoms with E-state index in [9.17, 15) is 57.5 Å². The third kappa shape index (κ3) is 28.2. The van der Waals surface area contributed by atoms with E-state index in [1.54, 1.807) is 0 Å². The van der Waals surface area contributed by atoms with Crippen LogP contribution in [0.4, 0.5) is 0 Å². The highest BCUT2D eigenvalue weighted by Crippen LogP contribution is 2.43. The molecule has 89 heavy (non-hydrogen) atoms. The number of thiocarbonyl (C=S) groups is 1. The molecular weight excluding hydrogens is 1260 g/mol. The minimum atomic E-state index is -1.28. The molecule has 0 aromatic rings. The molecule has 3 rings (SSSR count). The predicted molar refractivity (Wildman–Crippen MR) is 318 cm³/mol. The first-order valence-electron chi connectivity index (χ1n) is 28.6. The summed E-state index contributed by atoms with van der Waals surface area (Å²) >= 11 is 8.71. The Balaban J connectivity index is 1.97. The lowest BCUT2D eigenvalue weighted by Crippen LogP contribution is -2.58. The molecule has 0 unspecified atom stereocenters. The quantitative estimate of drug-likeness (QED) is 0.0284. The van der Waals surface area contributed by atoms with Crippen molar-refractivity contribution >= 4 is 124 Å². The molecule has 0 amide bonds. The molecule has 0 aromatic carbocycles. The highest BCUT2D eigenvalue weighted by Gasteiger charge is 2.54. The largest absolute Gasteiger partial charge is 0.465 e. The molecule has 502 valence electrons. The highest BCUT2D eigenvalue weighted by molar-refractivity contribution is 8.01. The summed E-state index contributed by atoms with van der Waals surface area (Å²) < 4.78 is 86.1. The lowest BCUT2D eigenvalue weighted by Gasteiger charge is -2.44. The predicted octanol–water partition coefficient (Wildman–Crippen LogP) is 3.99. The minimum Gasteiger partial charge on any atom is -0.465 e. The fourth-order valence-corrected chi connectivity index (χ4v) is 15.1. The lowest BCUT2D eigenvalue weighted by atomic mass is 9.91. The maximum atomic E-state index is 12.6. The molecule has 0 bridgehead atoms. The fraction of sp³-hybridized carbons (Fsp3) is 0.772. The molecule has 3 aliphatic heterocycles. The smallest absolute Gasteiger partial charge is 0.303 e. The number of carbonyl (C=O) groups excluding carboxylic acids is 12. The molecule has 3 saturated heterocycles. The van der Waals surface area contributed by atoms with Crippen molar-refractivity contribution in [2.24, 2.45) is 10.4 Å². The maximum absolute atomic E-state index is 12.6. The number of ether oxygens (including phenoxy) is 15. The Kier molecular flexibility index (Phi) is 34.5. The van der Waals surface area contributed by atoms with E-state index < -0.39 is 163 Å². The van der Waals surface area contributed by atoms with Crippen LogP contribution in [0.25, 0.3) is 0 Å². The average molecular weight is 1340 g/mol. The van der Waals surface area contributed by atoms with Crippen LogP contribution in [0.15, 0.2) is 4.99 Å². The van der Waals surface area contributed by atoms with E-state index in [0.29, 0.717) is 19.3 Å². The van der Waals surface area contributed by atoms with Gasteiger partial charge < -0.3 is 71.1 Å². The number of thioether (sulfide) groups is 3. The van der Waals surface area contributed by atoms with Crippen molar-refractivity contribution in [3.05, 3.63) is 0 Å². The first-order valence-corrected chi connectivity index (χ1v) is 31.9. The van der Waals surface area contributed by atoms with E-state index in [1.807, 2.05) is 0 Å². The van der Waals surface area contributed by atoms with E-state index in [0.717, 1.165) is 41.5 Å². The van der Waals surface area contributed by atoms with Crippen LogP contribution >= 0.6 is 47.5 Å². The van der Waals surface area contributed by atoms with E-state index in [1.165, 1.54) is 76.8 Å². The second kappa shape index (κ2) is 39.6. The molecule has 0 N–H and O–H groups in total. The molecule has 0 aromatic heterocycles. The van der Waals surface area contributed by atoms with Gasteiger partial charge in [-0.2, -0.15) is 0 Å². The molecule has 3 fully saturated rings. The molecule has 32 heteroatoms. The van der Waals surface area contributed by atoms with Crippen LogP contribution in [-0.2, 0) is 129 Å². The van der Waals surface area contributed by atoms with Crippen molar-refractivity contribution in [2.45, 2.75) is 208 Å². The summed E-state index contributed by atoms with van der Waals surface area (Å²) in [5.74, 6) is -8.35. The van der Waals surface area contributed by atoms with Crippen LogP contribution in [0, 0.1) is 5.41 Å². The summed E-state index contributed by atoms with van der Waals surface area (Å²) in [6, 6.07) is 0. The van der Waals surface area contributed by atoms with E-state index in [4.69, 9.17) is 83.3 Å². The Morgan fingerprint density at radius 2 is 0.551 bits per heavy atom. The molecule has 0 radical (unpaired) electrons. The number of hydrogen-bond donors (Lipinski definition) is 0. The topological polar surface area (TPSA) is 356 Å². The summed E-state index contributed by atoms with van der Waals surface area (Å²) in [5, 5.41) is -1.69. The van der Waals surface area contributed by atoms with Crippen molar-refractivity contribution in [3.8, 4) is 0 Å². The first-order chi connectivity index (χ1) is 41.9. The molecule has 3 aliphatic rings. The second-order valence-electron chi connectivity index (χ2n) is 21.2. The number of isothiocyanates is 1. The third-order valence-corrected chi connectivity index (χ3v) is 18.2. The number of rotatable bonds is 35. The van der Waals surface area contributed by atoms with Gasteiger partial charge in [-0.3, -0.25) is 57.5 Å². The third-order valence-electron chi connectivity index (χ3n) is 13.3. The number of hydrogen-bond acceptors (Lipinski definition) is 32. The summed E-state index contributed by atoms with van der Waals surface area (Å²) in [7, 11) is 0. The van der Waals surface area contributed by atoms with Gasteiger partial charge in [0.25, 0.3) is 0 Å². The van der Waals surface area contributed by atoms with Crippen molar-refractivity contribution in [1.82, 2.24) is 0 Å². The van der Waals surface area contributed by atoms with Crippen LogP contribution in [0.1, 0.15) is 122 Å². The van der Waals surface area contributed by atoms with Gasteiger partial charge >= 0.3 is 71.6 Å². The molecule has 0 aliphatic carbocycles. The van der Waals surface area contributed by atoms with Crippen LogP contribution in [-0.4, -0.2) is 229 Å². The van der Waals surface area contributed by atoms with Crippen molar-refractivity contribution < 1.29 is 129 Å². The molecular formula is C57H83NO27S4. The molecule has 0 saturated carbocycles. The zero-order valence-electron chi connectivity index (χ0n) is 52.1. The van der Waals surface area contributed by atoms with Gasteiger partial charge in [0.1, 0.15) is 19.8 Å². The summed E-state index contributed by atoms with van der Waals surface area (Å²) in [4.78, 5) is 152. The lowest BCUT2D eigenvalue weighted by molar-refractivity contribution is -0.186. The monoisotopic (exact) mass is 1340 g/mol. The first kappa shape index (κ1) is 77.6. The molecule has 0 spiro atoms. The highest BCUT2D eigenvalue weighted by atomic mass is 32.2. The van der Waals surface area contributed by atoms with Crippen LogP contribution in [0.3, 0.4) is 0 Å². The fourth-order valence-electron chi connectivity index (χ4n) is 10.1. The van der Waals surface area contributed by atoms with Gasteiger partial charge in [0.15, 0.2) is 54.9 Å². The summed E-state index contributed by atoms with van der Waals surface area (Å²) in [6.07, 6.45) is -8.97. The SMILES string of the molecule is CC(=O)OC[C@@H]1S[C@H](CCCOCC(CN=C=S)(COCCC[C@H]2S[C@@H](COC(C)=O)[C@@H](OC(C)=O)[C@H](OC(C)=O)[C@H]2OC(C)=O)COCCC[C@H]2S[C@@H](COC(C)=O)[C@@H](OC(C)=O)[C@H](OC(C)=O)[C@@H]2OC(C)=O)[C@H](OC(C)=O)[C@@H](OC(C)=O)[C@@H]1OC(C)=O. The van der Waals surface area contributed by atoms with E-state index in [-0.39, 0.29) is 85.3 Å². The van der Waals surface area contributed by atoms with Crippen molar-refractivity contribution in [3.63, 3.8) is 0 Å². The van der Waals surface area contributed by atoms with Gasteiger partial charge in [0, 0.05) is 119 Å². The zero-order valence-corrected chi connectivity index (χ0v) is 55.3. The summed E-state index contributed by atoms with van der Waals surface area (Å²) in [6.45, 7) is 13.3. The van der Waals surface area contributed by atoms with Gasteiger partial charge in [0.05, 0.1) is 52.7 Å². The Labute approximate surface area is 534 Å². The molecule has 3 heterocycles. The van der Waals surface area contributed by atoms with Gasteiger partial charge in [0.2, 0.25) is 0 Å². The number of nitrogens with zero attached hydrogens (tertiary/aromatic N) is 1. The maximum Gasteiger partial charge on any atom is 0.303 e. The second-order valence-corrected chi connectivity index (χ2v) is 25.8. The molecule has 15 atom stereocenters. The Morgan fingerprint density at radius 1 is 0.337 bits per heavy atom. The van der Waals surface area contributed by atoms with Crippen LogP contribution in [0.5, 0.6) is 0 Å². The van der Waals surface area contributed by atoms with Gasteiger partial charge in [-0.25, -0.2) is 4.99 Å². The Hall–Kier alpha value is -5.63.